The maximum atomic E-state index is 10.8. The number of carbonyl (C=O) groups is 1. The number of hydrogen-bond acceptors (Lipinski definition) is 2. The zero-order chi connectivity index (χ0) is 11.4. The van der Waals surface area contributed by atoms with Gasteiger partial charge in [-0.3, -0.25) is 4.79 Å². The molecule has 80 valence electrons. The van der Waals surface area contributed by atoms with Gasteiger partial charge in [-0.25, -0.2) is 0 Å². The van der Waals surface area contributed by atoms with E-state index in [9.17, 15) is 4.79 Å². The van der Waals surface area contributed by atoms with E-state index < -0.39 is 11.4 Å². The minimum Gasteiger partial charge on any atom is -0.493 e. The van der Waals surface area contributed by atoms with Gasteiger partial charge in [0.25, 0.3) is 0 Å². The molecule has 1 N–H and O–H groups in total. The predicted octanol–water partition coefficient (Wildman–Crippen LogP) is 2.59. The number of rotatable bonds is 5. The monoisotopic (exact) mass is 198 g/mol. The second-order valence-corrected chi connectivity index (χ2v) is 4.05. The van der Waals surface area contributed by atoms with Gasteiger partial charge in [0.15, 0.2) is 0 Å². The van der Waals surface area contributed by atoms with Crippen LogP contribution in [0.3, 0.4) is 0 Å². The van der Waals surface area contributed by atoms with E-state index in [1.165, 1.54) is 0 Å². The molecule has 0 radical (unpaired) electrons. The van der Waals surface area contributed by atoms with Crippen molar-refractivity contribution in [3.05, 3.63) is 24.0 Å². The first-order valence-electron chi connectivity index (χ1n) is 4.47. The molecule has 0 rings (SSSR count). The first kappa shape index (κ1) is 12.8. The van der Waals surface area contributed by atoms with E-state index in [1.54, 1.807) is 19.9 Å². The van der Waals surface area contributed by atoms with Gasteiger partial charge in [0.2, 0.25) is 0 Å². The molecule has 0 saturated carbocycles. The van der Waals surface area contributed by atoms with Crippen LogP contribution < -0.4 is 0 Å². The lowest BCUT2D eigenvalue weighted by molar-refractivity contribution is -0.149. The number of aliphatic carboxylic acids is 1. The molecule has 0 fully saturated rings. The molecular weight excluding hydrogens is 180 g/mol. The lowest BCUT2D eigenvalue weighted by Crippen LogP contribution is -2.29. The summed E-state index contributed by atoms with van der Waals surface area (Å²) in [6, 6.07) is 0. The molecule has 0 aromatic carbocycles. The Morgan fingerprint density at radius 1 is 1.50 bits per heavy atom. The zero-order valence-corrected chi connectivity index (χ0v) is 9.26. The molecule has 0 unspecified atom stereocenters. The Morgan fingerprint density at radius 2 is 2.00 bits per heavy atom. The van der Waals surface area contributed by atoms with E-state index in [4.69, 9.17) is 9.84 Å². The van der Waals surface area contributed by atoms with Crippen LogP contribution in [0, 0.1) is 5.41 Å². The van der Waals surface area contributed by atoms with Crippen molar-refractivity contribution in [2.45, 2.75) is 27.7 Å². The van der Waals surface area contributed by atoms with Crippen LogP contribution in [-0.4, -0.2) is 17.7 Å². The van der Waals surface area contributed by atoms with Crippen molar-refractivity contribution in [2.75, 3.05) is 6.61 Å². The second kappa shape index (κ2) is 4.84. The van der Waals surface area contributed by atoms with E-state index >= 15 is 0 Å². The molecule has 0 bridgehead atoms. The second-order valence-electron chi connectivity index (χ2n) is 4.05. The third kappa shape index (κ3) is 3.64. The minimum atomic E-state index is -0.871. The van der Waals surface area contributed by atoms with Gasteiger partial charge in [-0.05, 0) is 39.3 Å². The average Bonchev–Trinajstić information content (AvgIpc) is 2.04. The molecule has 0 aromatic heterocycles. The summed E-state index contributed by atoms with van der Waals surface area (Å²) in [4.78, 5) is 10.8. The van der Waals surface area contributed by atoms with Gasteiger partial charge in [0.05, 0.1) is 5.41 Å². The first-order chi connectivity index (χ1) is 6.31. The summed E-state index contributed by atoms with van der Waals surface area (Å²) in [6.07, 6.45) is 1.59. The normalized spacial score (nSPS) is 10.6. The highest BCUT2D eigenvalue weighted by Gasteiger charge is 2.28. The Balaban J connectivity index is 4.39. The molecule has 3 heteroatoms. The topological polar surface area (TPSA) is 46.5 Å². The summed E-state index contributed by atoms with van der Waals surface area (Å²) in [6.45, 7) is 10.8. The fourth-order valence-corrected chi connectivity index (χ4v) is 0.727. The third-order valence-corrected chi connectivity index (χ3v) is 1.85. The van der Waals surface area contributed by atoms with Crippen LogP contribution in [0.15, 0.2) is 24.0 Å². The van der Waals surface area contributed by atoms with E-state index in [-0.39, 0.29) is 6.61 Å². The van der Waals surface area contributed by atoms with Gasteiger partial charge in [-0.1, -0.05) is 6.58 Å². The number of allylic oxidation sites excluding steroid dienone is 2. The van der Waals surface area contributed by atoms with Gasteiger partial charge in [0, 0.05) is 0 Å². The predicted molar refractivity (Wildman–Crippen MR) is 55.9 cm³/mol. The Morgan fingerprint density at radius 3 is 2.29 bits per heavy atom. The summed E-state index contributed by atoms with van der Waals surface area (Å²) in [5.74, 6) is -0.214. The quantitative estimate of drug-likeness (QED) is 0.545. The summed E-state index contributed by atoms with van der Waals surface area (Å²) < 4.78 is 5.36. The molecular formula is C11H18O3. The molecule has 0 heterocycles. The highest BCUT2D eigenvalue weighted by atomic mass is 16.5. The Labute approximate surface area is 85.1 Å². The van der Waals surface area contributed by atoms with Gasteiger partial charge in [-0.2, -0.15) is 0 Å². The van der Waals surface area contributed by atoms with Crippen molar-refractivity contribution >= 4 is 5.97 Å². The lowest BCUT2D eigenvalue weighted by atomic mass is 9.95. The van der Waals surface area contributed by atoms with Gasteiger partial charge >= 0.3 is 5.97 Å². The largest absolute Gasteiger partial charge is 0.493 e. The molecule has 0 aliphatic heterocycles. The molecule has 0 amide bonds. The highest BCUT2D eigenvalue weighted by molar-refractivity contribution is 5.73. The van der Waals surface area contributed by atoms with Crippen LogP contribution in [0.25, 0.3) is 0 Å². The zero-order valence-electron chi connectivity index (χ0n) is 9.26. The maximum absolute atomic E-state index is 10.8. The number of carboxylic acid groups (broad SMARTS) is 1. The average molecular weight is 198 g/mol. The number of ether oxygens (including phenoxy) is 1. The van der Waals surface area contributed by atoms with Gasteiger partial charge < -0.3 is 9.84 Å². The van der Waals surface area contributed by atoms with Crippen LogP contribution in [-0.2, 0) is 9.53 Å². The Hall–Kier alpha value is -1.25. The molecule has 0 aliphatic rings. The van der Waals surface area contributed by atoms with E-state index in [1.807, 2.05) is 13.8 Å². The fraction of sp³-hybridized carbons (Fsp3) is 0.545. The molecule has 0 atom stereocenters. The standard InChI is InChI=1S/C11H18O3/c1-6-9(8(2)3)14-7-11(4,5)10(12)13/h6H,1,7H2,2-5H3,(H,12,13). The van der Waals surface area contributed by atoms with Crippen LogP contribution >= 0.6 is 0 Å². The summed E-state index contributed by atoms with van der Waals surface area (Å²) in [7, 11) is 0. The van der Waals surface area contributed by atoms with Crippen molar-refractivity contribution in [3.8, 4) is 0 Å². The molecule has 0 aliphatic carbocycles. The summed E-state index contributed by atoms with van der Waals surface area (Å²) in [5.41, 5.74) is 0.116. The van der Waals surface area contributed by atoms with Crippen molar-refractivity contribution in [1.82, 2.24) is 0 Å². The maximum Gasteiger partial charge on any atom is 0.312 e. The highest BCUT2D eigenvalue weighted by Crippen LogP contribution is 2.18. The van der Waals surface area contributed by atoms with Crippen molar-refractivity contribution < 1.29 is 14.6 Å². The molecule has 3 nitrogen and oxygen atoms in total. The SMILES string of the molecule is C=CC(OCC(C)(C)C(=O)O)=C(C)C. The summed E-state index contributed by atoms with van der Waals surface area (Å²) >= 11 is 0. The van der Waals surface area contributed by atoms with Crippen molar-refractivity contribution in [1.29, 1.82) is 0 Å². The van der Waals surface area contributed by atoms with Crippen LogP contribution in [0.1, 0.15) is 27.7 Å². The van der Waals surface area contributed by atoms with Gasteiger partial charge in [-0.15, -0.1) is 0 Å². The molecule has 14 heavy (non-hydrogen) atoms. The molecule has 0 aromatic rings. The third-order valence-electron chi connectivity index (χ3n) is 1.85. The lowest BCUT2D eigenvalue weighted by Gasteiger charge is -2.20. The van der Waals surface area contributed by atoms with Gasteiger partial charge in [0.1, 0.15) is 12.4 Å². The van der Waals surface area contributed by atoms with Crippen LogP contribution in [0.5, 0.6) is 0 Å². The van der Waals surface area contributed by atoms with E-state index in [0.717, 1.165) is 5.57 Å². The summed E-state index contributed by atoms with van der Waals surface area (Å²) in [5, 5.41) is 8.84. The van der Waals surface area contributed by atoms with Crippen molar-refractivity contribution in [3.63, 3.8) is 0 Å². The van der Waals surface area contributed by atoms with Crippen LogP contribution in [0.4, 0.5) is 0 Å². The number of carboxylic acids is 1. The van der Waals surface area contributed by atoms with Crippen LogP contribution in [0.2, 0.25) is 0 Å². The Bertz CT molecular complexity index is 258. The van der Waals surface area contributed by atoms with E-state index in [0.29, 0.717) is 5.76 Å². The molecule has 0 saturated heterocycles. The van der Waals surface area contributed by atoms with E-state index in [2.05, 4.69) is 6.58 Å². The number of hydrogen-bond donors (Lipinski definition) is 1. The Kier molecular flexibility index (Phi) is 4.41. The first-order valence-corrected chi connectivity index (χ1v) is 4.47. The fourth-order valence-electron chi connectivity index (χ4n) is 0.727. The minimum absolute atomic E-state index is 0.148. The molecule has 0 spiro atoms. The van der Waals surface area contributed by atoms with Crippen molar-refractivity contribution in [2.24, 2.45) is 5.41 Å². The smallest absolute Gasteiger partial charge is 0.312 e.